The average molecular weight is 365 g/mol. The minimum absolute atomic E-state index is 0.0524. The fraction of sp³-hybridized carbons (Fsp3) is 0.105. The quantitative estimate of drug-likeness (QED) is 0.435. The molecule has 1 N–H and O–H groups in total. The van der Waals surface area contributed by atoms with Crippen LogP contribution in [-0.4, -0.2) is 23.6 Å². The van der Waals surface area contributed by atoms with E-state index >= 15 is 0 Å². The Hall–Kier alpha value is -3.37. The summed E-state index contributed by atoms with van der Waals surface area (Å²) in [6.07, 6.45) is 3.40. The van der Waals surface area contributed by atoms with E-state index in [1.54, 1.807) is 17.5 Å². The fourth-order valence-electron chi connectivity index (χ4n) is 2.64. The van der Waals surface area contributed by atoms with Gasteiger partial charge in [0.25, 0.3) is 5.91 Å². The minimum Gasteiger partial charge on any atom is -0.465 e. The maximum absolute atomic E-state index is 12.5. The number of hydrogen-bond donors (Lipinski definition) is 1. The first-order valence-electron chi connectivity index (χ1n) is 7.68. The second-order valence-corrected chi connectivity index (χ2v) is 6.41. The summed E-state index contributed by atoms with van der Waals surface area (Å²) in [4.78, 5) is 24.5. The Bertz CT molecular complexity index is 1070. The summed E-state index contributed by atoms with van der Waals surface area (Å²) in [5.41, 5.74) is 2.05. The Kier molecular flexibility index (Phi) is 4.87. The molecule has 1 amide bonds. The molecule has 0 bridgehead atoms. The van der Waals surface area contributed by atoms with E-state index in [1.807, 2.05) is 48.1 Å². The Balaban J connectivity index is 1.93. The van der Waals surface area contributed by atoms with Gasteiger partial charge in [-0.3, -0.25) is 4.79 Å². The number of anilines is 1. The molecule has 2 aromatic heterocycles. The molecule has 0 spiro atoms. The van der Waals surface area contributed by atoms with Crippen molar-refractivity contribution in [2.24, 2.45) is 7.05 Å². The molecule has 0 aliphatic carbocycles. The molecular weight excluding hydrogens is 350 g/mol. The third kappa shape index (κ3) is 3.23. The molecule has 0 atom stereocenters. The predicted octanol–water partition coefficient (Wildman–Crippen LogP) is 3.57. The topological polar surface area (TPSA) is 84.1 Å². The molecule has 130 valence electrons. The van der Waals surface area contributed by atoms with Gasteiger partial charge in [0.1, 0.15) is 16.5 Å². The van der Waals surface area contributed by atoms with Crippen LogP contribution in [0.15, 0.2) is 47.5 Å². The second kappa shape index (κ2) is 7.25. The van der Waals surface area contributed by atoms with E-state index in [2.05, 4.69) is 10.1 Å². The third-order valence-electron chi connectivity index (χ3n) is 3.88. The van der Waals surface area contributed by atoms with E-state index in [0.717, 1.165) is 27.8 Å². The molecule has 0 aliphatic heterocycles. The number of para-hydroxylation sites is 1. The van der Waals surface area contributed by atoms with Crippen molar-refractivity contribution in [3.05, 3.63) is 57.9 Å². The number of ether oxygens (including phenoxy) is 1. The van der Waals surface area contributed by atoms with Crippen LogP contribution < -0.4 is 5.32 Å². The smallest absolute Gasteiger partial charge is 0.350 e. The van der Waals surface area contributed by atoms with Gasteiger partial charge >= 0.3 is 5.97 Å². The van der Waals surface area contributed by atoms with Crippen molar-refractivity contribution in [3.63, 3.8) is 0 Å². The van der Waals surface area contributed by atoms with Gasteiger partial charge in [-0.15, -0.1) is 11.3 Å². The number of benzene rings is 1. The van der Waals surface area contributed by atoms with E-state index in [4.69, 9.17) is 0 Å². The van der Waals surface area contributed by atoms with Crippen LogP contribution in [0.5, 0.6) is 0 Å². The molecular formula is C19H15N3O3S. The third-order valence-corrected chi connectivity index (χ3v) is 4.77. The Morgan fingerprint density at radius 3 is 2.81 bits per heavy atom. The maximum atomic E-state index is 12.5. The first kappa shape index (κ1) is 17.5. The number of nitriles is 1. The van der Waals surface area contributed by atoms with Crippen molar-refractivity contribution in [3.8, 4) is 6.07 Å². The van der Waals surface area contributed by atoms with E-state index in [0.29, 0.717) is 5.69 Å². The zero-order valence-corrected chi connectivity index (χ0v) is 15.0. The van der Waals surface area contributed by atoms with Crippen LogP contribution in [0, 0.1) is 11.3 Å². The molecule has 2 heterocycles. The van der Waals surface area contributed by atoms with Gasteiger partial charge in [0.15, 0.2) is 0 Å². The van der Waals surface area contributed by atoms with Crippen molar-refractivity contribution in [1.82, 2.24) is 4.57 Å². The van der Waals surface area contributed by atoms with Crippen LogP contribution in [0.2, 0.25) is 0 Å². The van der Waals surface area contributed by atoms with Gasteiger partial charge in [-0.25, -0.2) is 4.79 Å². The number of carbonyl (C=O) groups is 2. The molecule has 0 radical (unpaired) electrons. The Morgan fingerprint density at radius 2 is 2.08 bits per heavy atom. The highest BCUT2D eigenvalue weighted by atomic mass is 32.1. The molecule has 0 saturated heterocycles. The van der Waals surface area contributed by atoms with E-state index in [-0.39, 0.29) is 10.5 Å². The first-order chi connectivity index (χ1) is 12.5. The van der Waals surface area contributed by atoms with Crippen LogP contribution >= 0.6 is 11.3 Å². The lowest BCUT2D eigenvalue weighted by molar-refractivity contribution is -0.112. The zero-order valence-electron chi connectivity index (χ0n) is 14.1. The van der Waals surface area contributed by atoms with Crippen LogP contribution in [0.25, 0.3) is 17.0 Å². The number of aromatic nitrogens is 1. The molecule has 1 aromatic carbocycles. The molecule has 7 heteroatoms. The number of aryl methyl sites for hydroxylation is 1. The number of thiophene rings is 1. The first-order valence-corrected chi connectivity index (χ1v) is 8.56. The van der Waals surface area contributed by atoms with Gasteiger partial charge < -0.3 is 14.6 Å². The van der Waals surface area contributed by atoms with Crippen LogP contribution in [-0.2, 0) is 16.6 Å². The number of fused-ring (bicyclic) bond motifs is 1. The Morgan fingerprint density at radius 1 is 1.31 bits per heavy atom. The average Bonchev–Trinajstić information content (AvgIpc) is 3.24. The van der Waals surface area contributed by atoms with Crippen molar-refractivity contribution < 1.29 is 14.3 Å². The van der Waals surface area contributed by atoms with Gasteiger partial charge in [-0.2, -0.15) is 5.26 Å². The van der Waals surface area contributed by atoms with Crippen LogP contribution in [0.4, 0.5) is 5.69 Å². The lowest BCUT2D eigenvalue weighted by Crippen LogP contribution is -2.15. The van der Waals surface area contributed by atoms with Gasteiger partial charge in [0.05, 0.1) is 12.8 Å². The fourth-order valence-corrected chi connectivity index (χ4v) is 3.41. The molecule has 26 heavy (non-hydrogen) atoms. The largest absolute Gasteiger partial charge is 0.465 e. The molecule has 0 saturated carbocycles. The summed E-state index contributed by atoms with van der Waals surface area (Å²) in [6, 6.07) is 11.3. The monoisotopic (exact) mass is 365 g/mol. The van der Waals surface area contributed by atoms with E-state index in [1.165, 1.54) is 7.11 Å². The van der Waals surface area contributed by atoms with E-state index < -0.39 is 11.9 Å². The normalized spacial score (nSPS) is 11.2. The Labute approximate surface area is 153 Å². The highest BCUT2D eigenvalue weighted by molar-refractivity contribution is 7.12. The number of hydrogen-bond acceptors (Lipinski definition) is 5. The number of amides is 1. The number of methoxy groups -OCH3 is 1. The highest BCUT2D eigenvalue weighted by Gasteiger charge is 2.18. The summed E-state index contributed by atoms with van der Waals surface area (Å²) in [5, 5.41) is 14.6. The molecule has 3 rings (SSSR count). The molecule has 6 nitrogen and oxygen atoms in total. The molecule has 0 unspecified atom stereocenters. The number of nitrogens with zero attached hydrogens (tertiary/aromatic N) is 2. The summed E-state index contributed by atoms with van der Waals surface area (Å²) >= 11 is 1.16. The number of rotatable bonds is 4. The minimum atomic E-state index is -0.580. The number of carbonyl (C=O) groups excluding carboxylic acids is 2. The lowest BCUT2D eigenvalue weighted by Gasteiger charge is -2.04. The van der Waals surface area contributed by atoms with Gasteiger partial charge in [0.2, 0.25) is 0 Å². The van der Waals surface area contributed by atoms with Crippen LogP contribution in [0.1, 0.15) is 15.2 Å². The SMILES string of the molecule is COC(=O)c1sccc1NC(=O)/C(C#N)=C/c1cn(C)c2ccccc12. The van der Waals surface area contributed by atoms with Crippen LogP contribution in [0.3, 0.4) is 0 Å². The predicted molar refractivity (Wildman–Crippen MR) is 101 cm³/mol. The van der Waals surface area contributed by atoms with Gasteiger partial charge in [-0.05, 0) is 23.6 Å². The summed E-state index contributed by atoms with van der Waals surface area (Å²) in [5.74, 6) is -1.11. The zero-order chi connectivity index (χ0) is 18.7. The number of esters is 1. The summed E-state index contributed by atoms with van der Waals surface area (Å²) in [6.45, 7) is 0. The highest BCUT2D eigenvalue weighted by Crippen LogP contribution is 2.25. The number of nitrogens with one attached hydrogen (secondary N) is 1. The van der Waals surface area contributed by atoms with E-state index in [9.17, 15) is 14.9 Å². The molecule has 0 aliphatic rings. The lowest BCUT2D eigenvalue weighted by atomic mass is 10.1. The van der Waals surface area contributed by atoms with Gasteiger partial charge in [-0.1, -0.05) is 18.2 Å². The van der Waals surface area contributed by atoms with Crippen molar-refractivity contribution in [2.75, 3.05) is 12.4 Å². The molecule has 3 aromatic rings. The summed E-state index contributed by atoms with van der Waals surface area (Å²) < 4.78 is 6.62. The van der Waals surface area contributed by atoms with Gasteiger partial charge in [0, 0.05) is 29.7 Å². The summed E-state index contributed by atoms with van der Waals surface area (Å²) in [7, 11) is 3.18. The standard InChI is InChI=1S/C19H15N3O3S/c1-22-11-13(14-5-3-4-6-16(14)22)9-12(10-20)18(23)21-15-7-8-26-17(15)19(24)25-2/h3-9,11H,1-2H3,(H,21,23)/b12-9+. The van der Waals surface area contributed by atoms with Crippen molar-refractivity contribution >= 4 is 45.9 Å². The second-order valence-electron chi connectivity index (χ2n) is 5.49. The molecule has 0 fully saturated rings. The maximum Gasteiger partial charge on any atom is 0.350 e. The van der Waals surface area contributed by atoms with Crippen molar-refractivity contribution in [2.45, 2.75) is 0 Å². The van der Waals surface area contributed by atoms with Crippen molar-refractivity contribution in [1.29, 1.82) is 5.26 Å².